The lowest BCUT2D eigenvalue weighted by Crippen LogP contribution is -2.10. The predicted molar refractivity (Wildman–Crippen MR) is 81.4 cm³/mol. The van der Waals surface area contributed by atoms with Crippen molar-refractivity contribution in [1.82, 2.24) is 5.16 Å². The van der Waals surface area contributed by atoms with Gasteiger partial charge in [-0.15, -0.1) is 0 Å². The molecule has 0 bridgehead atoms. The fraction of sp³-hybridized carbons (Fsp3) is 0.471. The zero-order valence-corrected chi connectivity index (χ0v) is 12.1. The third-order valence-corrected chi connectivity index (χ3v) is 4.34. The highest BCUT2D eigenvalue weighted by molar-refractivity contribution is 5.75. The number of rotatable bonds is 3. The molecule has 0 saturated heterocycles. The second-order valence-corrected chi connectivity index (χ2v) is 5.94. The zero-order chi connectivity index (χ0) is 13.9. The van der Waals surface area contributed by atoms with Gasteiger partial charge in [-0.25, -0.2) is 0 Å². The van der Waals surface area contributed by atoms with Gasteiger partial charge in [-0.05, 0) is 24.8 Å². The van der Waals surface area contributed by atoms with Crippen LogP contribution in [0.5, 0.6) is 0 Å². The van der Waals surface area contributed by atoms with Crippen LogP contribution in [0.1, 0.15) is 43.4 Å². The van der Waals surface area contributed by atoms with Crippen molar-refractivity contribution in [1.29, 1.82) is 0 Å². The Labute approximate surface area is 120 Å². The summed E-state index contributed by atoms with van der Waals surface area (Å²) in [6.45, 7) is 2.09. The SMILES string of the molecule is Cc1ccc(-c2c(CC3CCCCC3)noc2N)cc1. The number of nitrogens with zero attached hydrogens (tertiary/aromatic N) is 1. The van der Waals surface area contributed by atoms with Crippen LogP contribution in [0.15, 0.2) is 28.8 Å². The highest BCUT2D eigenvalue weighted by Gasteiger charge is 2.21. The van der Waals surface area contributed by atoms with Crippen LogP contribution in [0.2, 0.25) is 0 Å². The smallest absolute Gasteiger partial charge is 0.230 e. The summed E-state index contributed by atoms with van der Waals surface area (Å²) >= 11 is 0. The Morgan fingerprint density at radius 3 is 2.55 bits per heavy atom. The molecule has 0 unspecified atom stereocenters. The molecule has 2 aromatic rings. The molecule has 1 aliphatic rings. The summed E-state index contributed by atoms with van der Waals surface area (Å²) in [7, 11) is 0. The molecule has 20 heavy (non-hydrogen) atoms. The van der Waals surface area contributed by atoms with Gasteiger partial charge in [0.15, 0.2) is 0 Å². The number of nitrogens with two attached hydrogens (primary N) is 1. The number of anilines is 1. The minimum absolute atomic E-state index is 0.444. The van der Waals surface area contributed by atoms with Gasteiger partial charge in [-0.1, -0.05) is 67.1 Å². The van der Waals surface area contributed by atoms with E-state index in [0.29, 0.717) is 5.88 Å². The van der Waals surface area contributed by atoms with Crippen molar-refractivity contribution in [3.8, 4) is 11.1 Å². The van der Waals surface area contributed by atoms with Gasteiger partial charge in [0.25, 0.3) is 0 Å². The molecular formula is C17H22N2O. The van der Waals surface area contributed by atoms with Gasteiger partial charge in [0.2, 0.25) is 5.88 Å². The molecule has 1 aliphatic carbocycles. The average molecular weight is 270 g/mol. The third kappa shape index (κ3) is 2.72. The van der Waals surface area contributed by atoms with E-state index in [1.165, 1.54) is 37.7 Å². The Morgan fingerprint density at radius 2 is 1.85 bits per heavy atom. The highest BCUT2D eigenvalue weighted by Crippen LogP contribution is 2.34. The van der Waals surface area contributed by atoms with Crippen molar-refractivity contribution in [3.05, 3.63) is 35.5 Å². The van der Waals surface area contributed by atoms with E-state index in [4.69, 9.17) is 10.3 Å². The fourth-order valence-corrected chi connectivity index (χ4v) is 3.17. The summed E-state index contributed by atoms with van der Waals surface area (Å²) in [6.07, 6.45) is 7.67. The van der Waals surface area contributed by atoms with Gasteiger partial charge in [0.1, 0.15) is 0 Å². The maximum atomic E-state index is 5.99. The van der Waals surface area contributed by atoms with Gasteiger partial charge in [-0.3, -0.25) is 0 Å². The lowest BCUT2D eigenvalue weighted by molar-refractivity contribution is 0.345. The summed E-state index contributed by atoms with van der Waals surface area (Å²) in [5.41, 5.74) is 10.4. The lowest BCUT2D eigenvalue weighted by atomic mass is 9.85. The molecule has 0 radical (unpaired) electrons. The van der Waals surface area contributed by atoms with E-state index in [2.05, 4.69) is 36.3 Å². The molecule has 3 rings (SSSR count). The first-order valence-electron chi connectivity index (χ1n) is 7.55. The zero-order valence-electron chi connectivity index (χ0n) is 12.1. The van der Waals surface area contributed by atoms with Crippen LogP contribution in [-0.4, -0.2) is 5.16 Å². The summed E-state index contributed by atoms with van der Waals surface area (Å²) < 4.78 is 5.25. The van der Waals surface area contributed by atoms with E-state index >= 15 is 0 Å². The Balaban J connectivity index is 1.86. The monoisotopic (exact) mass is 270 g/mol. The van der Waals surface area contributed by atoms with Crippen LogP contribution < -0.4 is 5.73 Å². The summed E-state index contributed by atoms with van der Waals surface area (Å²) in [6, 6.07) is 8.41. The molecule has 2 N–H and O–H groups in total. The highest BCUT2D eigenvalue weighted by atomic mass is 16.5. The van der Waals surface area contributed by atoms with Gasteiger partial charge in [0, 0.05) is 0 Å². The normalized spacial score (nSPS) is 16.4. The molecule has 1 fully saturated rings. The molecule has 106 valence electrons. The van der Waals surface area contributed by atoms with Crippen molar-refractivity contribution in [2.45, 2.75) is 45.4 Å². The number of aryl methyl sites for hydroxylation is 1. The first-order chi connectivity index (χ1) is 9.74. The standard InChI is InChI=1S/C17H22N2O/c1-12-7-9-14(10-8-12)16-15(19-20-17(16)18)11-13-5-3-2-4-6-13/h7-10,13H,2-6,11,18H2,1H3. The van der Waals surface area contributed by atoms with Crippen molar-refractivity contribution in [2.75, 3.05) is 5.73 Å². The van der Waals surface area contributed by atoms with E-state index in [-0.39, 0.29) is 0 Å². The molecule has 0 aliphatic heterocycles. The van der Waals surface area contributed by atoms with Crippen LogP contribution in [0.3, 0.4) is 0 Å². The van der Waals surface area contributed by atoms with Gasteiger partial charge >= 0.3 is 0 Å². The first-order valence-corrected chi connectivity index (χ1v) is 7.55. The molecule has 0 atom stereocenters. The fourth-order valence-electron chi connectivity index (χ4n) is 3.17. The molecule has 0 amide bonds. The van der Waals surface area contributed by atoms with Crippen LogP contribution >= 0.6 is 0 Å². The minimum Gasteiger partial charge on any atom is -0.367 e. The lowest BCUT2D eigenvalue weighted by Gasteiger charge is -2.20. The van der Waals surface area contributed by atoms with Gasteiger partial charge < -0.3 is 10.3 Å². The van der Waals surface area contributed by atoms with Gasteiger partial charge in [-0.2, -0.15) is 0 Å². The molecule has 0 spiro atoms. The van der Waals surface area contributed by atoms with Crippen molar-refractivity contribution < 1.29 is 4.52 Å². The van der Waals surface area contributed by atoms with E-state index in [9.17, 15) is 0 Å². The molecular weight excluding hydrogens is 248 g/mol. The quantitative estimate of drug-likeness (QED) is 0.901. The number of hydrogen-bond acceptors (Lipinski definition) is 3. The van der Waals surface area contributed by atoms with E-state index in [1.54, 1.807) is 0 Å². The molecule has 1 aromatic heterocycles. The van der Waals surface area contributed by atoms with Crippen LogP contribution in [0.4, 0.5) is 5.88 Å². The van der Waals surface area contributed by atoms with Crippen molar-refractivity contribution in [3.63, 3.8) is 0 Å². The number of aromatic nitrogens is 1. The Kier molecular flexibility index (Phi) is 3.77. The van der Waals surface area contributed by atoms with E-state index in [0.717, 1.165) is 29.2 Å². The van der Waals surface area contributed by atoms with Gasteiger partial charge in [0.05, 0.1) is 11.3 Å². The van der Waals surface area contributed by atoms with E-state index in [1.807, 2.05) is 0 Å². The maximum absolute atomic E-state index is 5.99. The largest absolute Gasteiger partial charge is 0.367 e. The molecule has 3 heteroatoms. The Bertz CT molecular complexity index is 565. The molecule has 1 saturated carbocycles. The van der Waals surface area contributed by atoms with Crippen molar-refractivity contribution in [2.24, 2.45) is 5.92 Å². The number of benzene rings is 1. The summed E-state index contributed by atoms with van der Waals surface area (Å²) in [4.78, 5) is 0. The van der Waals surface area contributed by atoms with Crippen LogP contribution in [0, 0.1) is 12.8 Å². The summed E-state index contributed by atoms with van der Waals surface area (Å²) in [5.74, 6) is 1.18. The third-order valence-electron chi connectivity index (χ3n) is 4.34. The first kappa shape index (κ1) is 13.2. The minimum atomic E-state index is 0.444. The van der Waals surface area contributed by atoms with Crippen molar-refractivity contribution >= 4 is 5.88 Å². The molecule has 1 aromatic carbocycles. The van der Waals surface area contributed by atoms with Crippen LogP contribution in [-0.2, 0) is 6.42 Å². The summed E-state index contributed by atoms with van der Waals surface area (Å²) in [5, 5.41) is 4.21. The number of nitrogen functional groups attached to an aromatic ring is 1. The maximum Gasteiger partial charge on any atom is 0.230 e. The Morgan fingerprint density at radius 1 is 1.15 bits per heavy atom. The topological polar surface area (TPSA) is 52.0 Å². The molecule has 3 nitrogen and oxygen atoms in total. The van der Waals surface area contributed by atoms with E-state index < -0.39 is 0 Å². The molecule has 1 heterocycles. The average Bonchev–Trinajstić information content (AvgIpc) is 2.82. The predicted octanol–water partition coefficient (Wildman–Crippen LogP) is 4.36. The second kappa shape index (κ2) is 5.70. The second-order valence-electron chi connectivity index (χ2n) is 5.94. The number of hydrogen-bond donors (Lipinski definition) is 1. The van der Waals surface area contributed by atoms with Crippen LogP contribution in [0.25, 0.3) is 11.1 Å². The Hall–Kier alpha value is -1.77.